The van der Waals surface area contributed by atoms with Crippen LogP contribution in [0.15, 0.2) is 0 Å². The number of rotatable bonds is 59. The van der Waals surface area contributed by atoms with Gasteiger partial charge in [0.15, 0.2) is 0 Å². The maximum atomic E-state index is 14.2. The highest BCUT2D eigenvalue weighted by Gasteiger charge is 2.26. The monoisotopic (exact) mass is 1120 g/mol. The van der Waals surface area contributed by atoms with Crippen molar-refractivity contribution in [1.82, 2.24) is 30.7 Å². The number of carbonyl (C=O) groups excluding carboxylic acids is 5. The van der Waals surface area contributed by atoms with Crippen molar-refractivity contribution in [1.29, 1.82) is 0 Å². The Kier molecular flexibility index (Phi) is 53.2. The molecule has 15 heteroatoms. The molecule has 0 aromatic heterocycles. The van der Waals surface area contributed by atoms with E-state index in [1.165, 1.54) is 96.3 Å². The Bertz CT molecular complexity index is 1430. The van der Waals surface area contributed by atoms with Crippen LogP contribution < -0.4 is 16.0 Å². The van der Waals surface area contributed by atoms with Crippen LogP contribution in [0.25, 0.3) is 0 Å². The SMILES string of the molecule is CCCCCCCCCOC(=O)CCCCCN(CCCCCCCC(=O)OC(CCCCCCCC)CCCCCCCC)CCCCNC(=O)CCP(=O)(CCC(=O)NCCCN(C)C)CCC(=O)NCCCN(C)C. The first-order valence-corrected chi connectivity index (χ1v) is 34.7. The van der Waals surface area contributed by atoms with E-state index in [4.69, 9.17) is 9.47 Å². The van der Waals surface area contributed by atoms with Crippen LogP contribution in [0.3, 0.4) is 0 Å². The molecule has 0 aromatic rings. The molecule has 14 nitrogen and oxygen atoms in total. The standard InChI is InChI=1S/C63H125N6O8P/c1-8-11-14-17-20-26-36-54-76-62(73)41-31-27-34-52-69(51-33-25-21-24-30-42-63(74)77-58(39-28-22-18-15-12-9-2)40-29-23-19-16-13-10-3)53-35-32-46-64-59(70)43-55-78(75,56-44-60(71)65-47-37-49-67(4)5)57-45-61(72)66-48-38-50-68(6)7/h58H,8-57H2,1-7H3,(H,64,70)(H,65,71)(H,66,72). The molecule has 0 aliphatic rings. The molecule has 460 valence electrons. The molecule has 0 aliphatic carbocycles. The summed E-state index contributed by atoms with van der Waals surface area (Å²) in [5.41, 5.74) is 0. The summed E-state index contributed by atoms with van der Waals surface area (Å²) in [6.07, 6.45) is 38.7. The molecule has 0 unspecified atom stereocenters. The predicted molar refractivity (Wildman–Crippen MR) is 328 cm³/mol. The molecule has 0 heterocycles. The maximum Gasteiger partial charge on any atom is 0.306 e. The highest BCUT2D eigenvalue weighted by atomic mass is 31.2. The predicted octanol–water partition coefficient (Wildman–Crippen LogP) is 13.5. The van der Waals surface area contributed by atoms with Gasteiger partial charge in [-0.3, -0.25) is 24.0 Å². The third kappa shape index (κ3) is 52.8. The van der Waals surface area contributed by atoms with Crippen LogP contribution in [-0.2, 0) is 38.0 Å². The van der Waals surface area contributed by atoms with Crippen molar-refractivity contribution in [2.45, 2.75) is 271 Å². The van der Waals surface area contributed by atoms with Crippen LogP contribution in [-0.4, -0.2) is 156 Å². The van der Waals surface area contributed by atoms with E-state index in [1.807, 2.05) is 28.2 Å². The van der Waals surface area contributed by atoms with Gasteiger partial charge in [-0.15, -0.1) is 0 Å². The van der Waals surface area contributed by atoms with Crippen LogP contribution in [0.2, 0.25) is 0 Å². The lowest BCUT2D eigenvalue weighted by molar-refractivity contribution is -0.150. The average Bonchev–Trinajstić information content (AvgIpc) is 3.41. The highest BCUT2D eigenvalue weighted by molar-refractivity contribution is 7.64. The number of amides is 3. The number of ether oxygens (including phenoxy) is 2. The van der Waals surface area contributed by atoms with E-state index in [0.29, 0.717) is 39.1 Å². The van der Waals surface area contributed by atoms with Gasteiger partial charge >= 0.3 is 11.9 Å². The fourth-order valence-corrected chi connectivity index (χ4v) is 12.3. The summed E-state index contributed by atoms with van der Waals surface area (Å²) >= 11 is 0. The third-order valence-electron chi connectivity index (χ3n) is 14.9. The van der Waals surface area contributed by atoms with E-state index in [1.54, 1.807) is 0 Å². The molecule has 0 rings (SSSR count). The van der Waals surface area contributed by atoms with Crippen molar-refractivity contribution < 1.29 is 38.0 Å². The van der Waals surface area contributed by atoms with Gasteiger partial charge in [-0.1, -0.05) is 149 Å². The molecule has 0 spiro atoms. The fourth-order valence-electron chi connectivity index (χ4n) is 9.83. The zero-order chi connectivity index (χ0) is 57.6. The van der Waals surface area contributed by atoms with Gasteiger partial charge in [0.25, 0.3) is 0 Å². The molecular weight excluding hydrogens is 1000 g/mol. The Morgan fingerprint density at radius 3 is 1.17 bits per heavy atom. The van der Waals surface area contributed by atoms with Crippen molar-refractivity contribution in [3.05, 3.63) is 0 Å². The Labute approximate surface area is 480 Å². The second kappa shape index (κ2) is 55.0. The number of hydrogen-bond acceptors (Lipinski definition) is 11. The van der Waals surface area contributed by atoms with Crippen molar-refractivity contribution in [2.24, 2.45) is 0 Å². The lowest BCUT2D eigenvalue weighted by Gasteiger charge is -2.22. The summed E-state index contributed by atoms with van der Waals surface area (Å²) in [5, 5.41) is 8.91. The largest absolute Gasteiger partial charge is 0.466 e. The maximum absolute atomic E-state index is 14.2. The van der Waals surface area contributed by atoms with Gasteiger partial charge < -0.3 is 44.7 Å². The zero-order valence-electron chi connectivity index (χ0n) is 52.0. The Morgan fingerprint density at radius 1 is 0.385 bits per heavy atom. The van der Waals surface area contributed by atoms with E-state index >= 15 is 0 Å². The summed E-state index contributed by atoms with van der Waals surface area (Å²) in [7, 11) is 4.98. The number of esters is 2. The van der Waals surface area contributed by atoms with Crippen LogP contribution in [0.1, 0.15) is 265 Å². The van der Waals surface area contributed by atoms with E-state index in [0.717, 1.165) is 148 Å². The van der Waals surface area contributed by atoms with E-state index in [2.05, 4.69) is 51.4 Å². The van der Waals surface area contributed by atoms with Gasteiger partial charge in [0, 0.05) is 70.2 Å². The molecule has 0 aliphatic heterocycles. The fraction of sp³-hybridized carbons (Fsp3) is 0.921. The molecule has 3 N–H and O–H groups in total. The second-order valence-electron chi connectivity index (χ2n) is 23.3. The van der Waals surface area contributed by atoms with Crippen LogP contribution >= 0.6 is 7.14 Å². The van der Waals surface area contributed by atoms with Gasteiger partial charge in [-0.2, -0.15) is 0 Å². The van der Waals surface area contributed by atoms with Crippen molar-refractivity contribution >= 4 is 36.8 Å². The lowest BCUT2D eigenvalue weighted by Crippen LogP contribution is -2.30. The van der Waals surface area contributed by atoms with Crippen molar-refractivity contribution in [3.63, 3.8) is 0 Å². The van der Waals surface area contributed by atoms with E-state index in [9.17, 15) is 28.5 Å². The molecule has 0 atom stereocenters. The quantitative estimate of drug-likeness (QED) is 0.0301. The number of nitrogens with zero attached hydrogens (tertiary/aromatic N) is 3. The Hall–Kier alpha value is -2.54. The molecule has 0 bridgehead atoms. The molecule has 0 radical (unpaired) electrons. The van der Waals surface area contributed by atoms with Gasteiger partial charge in [0.2, 0.25) is 17.7 Å². The minimum atomic E-state index is -2.98. The summed E-state index contributed by atoms with van der Waals surface area (Å²) < 4.78 is 25.8. The minimum absolute atomic E-state index is 0.0216. The Balaban J connectivity index is 5.15. The molecular formula is C63H125N6O8P. The molecule has 0 saturated heterocycles. The first-order valence-electron chi connectivity index (χ1n) is 32.5. The molecule has 0 aromatic carbocycles. The van der Waals surface area contributed by atoms with Crippen LogP contribution in [0.4, 0.5) is 0 Å². The first-order chi connectivity index (χ1) is 37.7. The normalized spacial score (nSPS) is 11.8. The third-order valence-corrected chi connectivity index (χ3v) is 18.1. The smallest absolute Gasteiger partial charge is 0.306 e. The molecule has 3 amide bonds. The van der Waals surface area contributed by atoms with E-state index in [-0.39, 0.29) is 73.5 Å². The topological polar surface area (TPSA) is 167 Å². The van der Waals surface area contributed by atoms with Crippen molar-refractivity contribution in [2.75, 3.05) is 106 Å². The number of nitrogens with one attached hydrogen (secondary N) is 3. The average molecular weight is 1130 g/mol. The van der Waals surface area contributed by atoms with Crippen LogP contribution in [0.5, 0.6) is 0 Å². The summed E-state index contributed by atoms with van der Waals surface area (Å²) in [5.74, 6) is -0.551. The minimum Gasteiger partial charge on any atom is -0.466 e. The first kappa shape index (κ1) is 75.5. The number of unbranched alkanes of at least 4 members (excludes halogenated alkanes) is 23. The number of hydrogen-bond donors (Lipinski definition) is 3. The van der Waals surface area contributed by atoms with Gasteiger partial charge in [0.1, 0.15) is 6.10 Å². The summed E-state index contributed by atoms with van der Waals surface area (Å²) in [4.78, 5) is 70.6. The van der Waals surface area contributed by atoms with Gasteiger partial charge in [-0.25, -0.2) is 0 Å². The van der Waals surface area contributed by atoms with Crippen LogP contribution in [0, 0.1) is 0 Å². The zero-order valence-corrected chi connectivity index (χ0v) is 52.9. The lowest BCUT2D eigenvalue weighted by atomic mass is 10.0. The summed E-state index contributed by atoms with van der Waals surface area (Å²) in [6, 6.07) is 0. The van der Waals surface area contributed by atoms with Crippen molar-refractivity contribution in [3.8, 4) is 0 Å². The summed E-state index contributed by atoms with van der Waals surface area (Å²) in [6.45, 7) is 13.5. The molecule has 0 fully saturated rings. The Morgan fingerprint density at radius 2 is 0.731 bits per heavy atom. The van der Waals surface area contributed by atoms with E-state index < -0.39 is 7.14 Å². The van der Waals surface area contributed by atoms with Gasteiger partial charge in [-0.05, 0) is 144 Å². The van der Waals surface area contributed by atoms with Gasteiger partial charge in [0.05, 0.1) is 13.7 Å². The number of carbonyl (C=O) groups is 5. The highest BCUT2D eigenvalue weighted by Crippen LogP contribution is 2.47. The molecule has 78 heavy (non-hydrogen) atoms. The second-order valence-corrected chi connectivity index (χ2v) is 26.7. The molecule has 0 saturated carbocycles.